The molecule has 2 unspecified atom stereocenters. The summed E-state index contributed by atoms with van der Waals surface area (Å²) < 4.78 is 5.55. The van der Waals surface area contributed by atoms with Gasteiger partial charge in [0.05, 0.1) is 24.3 Å². The third-order valence-corrected chi connectivity index (χ3v) is 6.79. The molecule has 34 heavy (non-hydrogen) atoms. The van der Waals surface area contributed by atoms with E-state index in [1.54, 1.807) is 0 Å². The number of aliphatic hydroxyl groups excluding tert-OH is 1. The summed E-state index contributed by atoms with van der Waals surface area (Å²) in [6, 6.07) is 27.0. The van der Waals surface area contributed by atoms with Crippen molar-refractivity contribution in [3.8, 4) is 11.8 Å². The van der Waals surface area contributed by atoms with Crippen LogP contribution in [0, 0.1) is 11.3 Å². The Bertz CT molecular complexity index is 1110. The summed E-state index contributed by atoms with van der Waals surface area (Å²) in [5, 5.41) is 18.9. The van der Waals surface area contributed by atoms with E-state index in [0.717, 1.165) is 29.5 Å². The van der Waals surface area contributed by atoms with Gasteiger partial charge in [0.15, 0.2) is 0 Å². The highest BCUT2D eigenvalue weighted by Gasteiger charge is 2.35. The molecule has 4 rings (SSSR count). The highest BCUT2D eigenvalue weighted by atomic mass is 35.5. The van der Waals surface area contributed by atoms with Gasteiger partial charge in [-0.2, -0.15) is 5.26 Å². The summed E-state index contributed by atoms with van der Waals surface area (Å²) in [7, 11) is 0. The molecule has 1 heterocycles. The predicted octanol–water partition coefficient (Wildman–Crippen LogP) is 5.60. The molecule has 3 aromatic carbocycles. The number of benzene rings is 3. The fraction of sp³-hybridized carbons (Fsp3) is 0.321. The summed E-state index contributed by atoms with van der Waals surface area (Å²) >= 11 is 6.20. The summed E-state index contributed by atoms with van der Waals surface area (Å²) in [5.74, 6) is 0.751. The lowest BCUT2D eigenvalue weighted by Crippen LogP contribution is -2.54. The maximum absolute atomic E-state index is 9.13. The molecule has 0 aromatic heterocycles. The van der Waals surface area contributed by atoms with Gasteiger partial charge in [-0.25, -0.2) is 0 Å². The second-order valence-electron chi connectivity index (χ2n) is 8.75. The zero-order valence-corrected chi connectivity index (χ0v) is 20.3. The van der Waals surface area contributed by atoms with Crippen molar-refractivity contribution in [3.05, 3.63) is 94.5 Å². The molecule has 0 spiro atoms. The molecule has 6 heteroatoms. The van der Waals surface area contributed by atoms with Gasteiger partial charge in [-0.05, 0) is 73.5 Å². The monoisotopic (exact) mass is 475 g/mol. The summed E-state index contributed by atoms with van der Waals surface area (Å²) in [5.41, 5.74) is 4.24. The van der Waals surface area contributed by atoms with Gasteiger partial charge < -0.3 is 14.7 Å². The number of rotatable bonds is 7. The first kappa shape index (κ1) is 24.1. The van der Waals surface area contributed by atoms with Crippen LogP contribution in [-0.2, 0) is 0 Å². The van der Waals surface area contributed by atoms with E-state index in [2.05, 4.69) is 66.1 Å². The van der Waals surface area contributed by atoms with Crippen LogP contribution in [-0.4, -0.2) is 42.4 Å². The Morgan fingerprint density at radius 3 is 2.32 bits per heavy atom. The summed E-state index contributed by atoms with van der Waals surface area (Å²) in [6.07, 6.45) is 0. The predicted molar refractivity (Wildman–Crippen MR) is 136 cm³/mol. The van der Waals surface area contributed by atoms with Crippen LogP contribution in [0.3, 0.4) is 0 Å². The third-order valence-electron chi connectivity index (χ3n) is 6.54. The molecule has 3 atom stereocenters. The van der Waals surface area contributed by atoms with Crippen LogP contribution >= 0.6 is 11.6 Å². The molecule has 0 bridgehead atoms. The Balaban J connectivity index is 1.63. The molecule has 1 N–H and O–H groups in total. The van der Waals surface area contributed by atoms with Gasteiger partial charge in [0.1, 0.15) is 12.4 Å². The lowest BCUT2D eigenvalue weighted by atomic mass is 9.95. The van der Waals surface area contributed by atoms with Crippen LogP contribution in [0.1, 0.15) is 42.6 Å². The highest BCUT2D eigenvalue weighted by Crippen LogP contribution is 2.37. The molecular formula is C28H30ClN3O2. The van der Waals surface area contributed by atoms with E-state index in [0.29, 0.717) is 5.56 Å². The molecule has 5 nitrogen and oxygen atoms in total. The Labute approximate surface area is 206 Å². The first-order valence-corrected chi connectivity index (χ1v) is 12.0. The van der Waals surface area contributed by atoms with Gasteiger partial charge >= 0.3 is 0 Å². The van der Waals surface area contributed by atoms with Gasteiger partial charge in [0, 0.05) is 35.9 Å². The zero-order valence-electron chi connectivity index (χ0n) is 19.6. The minimum atomic E-state index is -0.00317. The van der Waals surface area contributed by atoms with Crippen molar-refractivity contribution in [2.24, 2.45) is 0 Å². The molecule has 176 valence electrons. The van der Waals surface area contributed by atoms with E-state index in [1.807, 2.05) is 36.4 Å². The van der Waals surface area contributed by atoms with Gasteiger partial charge in [0.2, 0.25) is 0 Å². The lowest BCUT2D eigenvalue weighted by molar-refractivity contribution is 0.148. The van der Waals surface area contributed by atoms with E-state index in [1.165, 1.54) is 11.1 Å². The van der Waals surface area contributed by atoms with Gasteiger partial charge in [-0.3, -0.25) is 4.90 Å². The van der Waals surface area contributed by atoms with E-state index in [9.17, 15) is 0 Å². The third kappa shape index (κ3) is 5.37. The van der Waals surface area contributed by atoms with Crippen molar-refractivity contribution in [2.75, 3.05) is 31.2 Å². The number of aliphatic hydroxyl groups is 1. The quantitative estimate of drug-likeness (QED) is 0.482. The van der Waals surface area contributed by atoms with E-state index in [-0.39, 0.29) is 31.3 Å². The summed E-state index contributed by atoms with van der Waals surface area (Å²) in [4.78, 5) is 4.99. The van der Waals surface area contributed by atoms with Gasteiger partial charge in [0.25, 0.3) is 0 Å². The Morgan fingerprint density at radius 2 is 1.71 bits per heavy atom. The Hall–Kier alpha value is -3.04. The van der Waals surface area contributed by atoms with Crippen molar-refractivity contribution < 1.29 is 9.84 Å². The highest BCUT2D eigenvalue weighted by molar-refractivity contribution is 6.30. The standard InChI is InChI=1S/C28H30ClN3O2/c1-20-18-31(21(2)23-5-3-22(17-30)4-6-23)19-28(24-7-9-25(29)10-8-24)32(20)26-11-13-27(14-12-26)34-16-15-33/h3-14,20-21,28,33H,15-16,18-19H2,1-2H3/t20?,21?,28-/m0/s1. The van der Waals surface area contributed by atoms with Gasteiger partial charge in [-0.15, -0.1) is 0 Å². The second-order valence-corrected chi connectivity index (χ2v) is 9.19. The molecule has 1 saturated heterocycles. The first-order valence-electron chi connectivity index (χ1n) is 11.6. The maximum atomic E-state index is 9.13. The average molecular weight is 476 g/mol. The number of hydrogen-bond donors (Lipinski definition) is 1. The zero-order chi connectivity index (χ0) is 24.1. The van der Waals surface area contributed by atoms with Crippen LogP contribution in [0.2, 0.25) is 5.02 Å². The van der Waals surface area contributed by atoms with Crippen LogP contribution in [0.15, 0.2) is 72.8 Å². The number of hydrogen-bond acceptors (Lipinski definition) is 5. The van der Waals surface area contributed by atoms with Crippen molar-refractivity contribution in [1.29, 1.82) is 5.26 Å². The molecule has 0 amide bonds. The summed E-state index contributed by atoms with van der Waals surface area (Å²) in [6.45, 7) is 6.54. The molecule has 0 aliphatic carbocycles. The Morgan fingerprint density at radius 1 is 1.03 bits per heavy atom. The molecule has 1 aliphatic heterocycles. The van der Waals surface area contributed by atoms with Gasteiger partial charge in [-0.1, -0.05) is 35.9 Å². The topological polar surface area (TPSA) is 59.7 Å². The molecule has 3 aromatic rings. The van der Waals surface area contributed by atoms with Crippen molar-refractivity contribution >= 4 is 17.3 Å². The van der Waals surface area contributed by atoms with E-state index >= 15 is 0 Å². The number of nitriles is 1. The van der Waals surface area contributed by atoms with Crippen LogP contribution in [0.25, 0.3) is 0 Å². The van der Waals surface area contributed by atoms with Crippen molar-refractivity contribution in [1.82, 2.24) is 4.90 Å². The molecule has 1 fully saturated rings. The lowest BCUT2D eigenvalue weighted by Gasteiger charge is -2.49. The van der Waals surface area contributed by atoms with E-state index < -0.39 is 0 Å². The van der Waals surface area contributed by atoms with Crippen LogP contribution in [0.5, 0.6) is 5.75 Å². The average Bonchev–Trinajstić information content (AvgIpc) is 2.87. The molecule has 0 saturated carbocycles. The number of halogens is 1. The van der Waals surface area contributed by atoms with E-state index in [4.69, 9.17) is 26.7 Å². The minimum Gasteiger partial charge on any atom is -0.491 e. The van der Waals surface area contributed by atoms with Crippen molar-refractivity contribution in [2.45, 2.75) is 32.0 Å². The molecule has 0 radical (unpaired) electrons. The van der Waals surface area contributed by atoms with Crippen LogP contribution < -0.4 is 9.64 Å². The first-order chi connectivity index (χ1) is 16.5. The van der Waals surface area contributed by atoms with Crippen LogP contribution in [0.4, 0.5) is 5.69 Å². The Kier molecular flexibility index (Phi) is 7.74. The fourth-order valence-corrected chi connectivity index (χ4v) is 4.87. The fourth-order valence-electron chi connectivity index (χ4n) is 4.75. The van der Waals surface area contributed by atoms with Crippen molar-refractivity contribution in [3.63, 3.8) is 0 Å². The molecular weight excluding hydrogens is 446 g/mol. The number of anilines is 1. The number of nitrogens with zero attached hydrogens (tertiary/aromatic N) is 3. The maximum Gasteiger partial charge on any atom is 0.119 e. The smallest absolute Gasteiger partial charge is 0.119 e. The SMILES string of the molecule is CC(c1ccc(C#N)cc1)N1CC(C)N(c2ccc(OCCO)cc2)[C@H](c2ccc(Cl)cc2)C1. The number of ether oxygens (including phenoxy) is 1. The minimum absolute atomic E-state index is 0.00317. The largest absolute Gasteiger partial charge is 0.491 e. The second kappa shape index (κ2) is 10.9. The number of piperazine rings is 1. The molecule has 1 aliphatic rings. The normalized spacial score (nSPS) is 19.4.